The van der Waals surface area contributed by atoms with Gasteiger partial charge in [-0.1, -0.05) is 61.0 Å². The molecule has 4 N–H and O–H groups in total. The molecule has 4 atom stereocenters. The maximum Gasteiger partial charge on any atom is 0.325 e. The van der Waals surface area contributed by atoms with Gasteiger partial charge in [0.1, 0.15) is 30.5 Å². The van der Waals surface area contributed by atoms with E-state index in [1.807, 2.05) is 30.3 Å². The zero-order valence-corrected chi connectivity index (χ0v) is 23.8. The van der Waals surface area contributed by atoms with Crippen LogP contribution < -0.4 is 15.4 Å². The topological polar surface area (TPSA) is 128 Å². The number of aliphatic hydroxyl groups is 2. The van der Waals surface area contributed by atoms with Crippen molar-refractivity contribution in [2.24, 2.45) is 0 Å². The van der Waals surface area contributed by atoms with Crippen LogP contribution in [-0.4, -0.2) is 58.3 Å². The van der Waals surface area contributed by atoms with Gasteiger partial charge in [-0.05, 0) is 64.0 Å². The molecule has 9 nitrogen and oxygen atoms in total. The van der Waals surface area contributed by atoms with Crippen molar-refractivity contribution in [1.29, 1.82) is 0 Å². The Morgan fingerprint density at radius 2 is 1.82 bits per heavy atom. The first kappa shape index (κ1) is 28.8. The highest BCUT2D eigenvalue weighted by molar-refractivity contribution is 14.1. The van der Waals surface area contributed by atoms with Crippen molar-refractivity contribution in [2.75, 3.05) is 18.5 Å². The normalized spacial score (nSPS) is 17.4. The molecule has 11 heteroatoms. The van der Waals surface area contributed by atoms with Gasteiger partial charge in [-0.15, -0.1) is 0 Å². The lowest BCUT2D eigenvalue weighted by atomic mass is 9.91. The molecule has 0 radical (unpaired) electrons. The molecule has 1 unspecified atom stereocenters. The number of amides is 4. The average molecular weight is 664 g/mol. The molecule has 4 amide bonds. The van der Waals surface area contributed by atoms with Gasteiger partial charge in [-0.3, -0.25) is 9.59 Å². The van der Waals surface area contributed by atoms with Crippen molar-refractivity contribution in [1.82, 2.24) is 10.2 Å². The van der Waals surface area contributed by atoms with Gasteiger partial charge in [-0.25, -0.2) is 9.69 Å². The minimum atomic E-state index is -1.16. The molecule has 1 aliphatic heterocycles. The van der Waals surface area contributed by atoms with Crippen molar-refractivity contribution in [2.45, 2.75) is 31.0 Å². The Balaban J connectivity index is 1.60. The number of halogens is 2. The van der Waals surface area contributed by atoms with Crippen LogP contribution in [0.3, 0.4) is 0 Å². The van der Waals surface area contributed by atoms with Crippen LogP contribution in [0.4, 0.5) is 10.5 Å². The summed E-state index contributed by atoms with van der Waals surface area (Å²) < 4.78 is 6.30. The molecule has 3 aromatic carbocycles. The van der Waals surface area contributed by atoms with Gasteiger partial charge < -0.3 is 25.6 Å². The van der Waals surface area contributed by atoms with Gasteiger partial charge in [-0.2, -0.15) is 0 Å². The average Bonchev–Trinajstić information content (AvgIpc) is 3.23. The summed E-state index contributed by atoms with van der Waals surface area (Å²) in [6.07, 6.45) is -1.02. The number of anilines is 1. The van der Waals surface area contributed by atoms with Crippen molar-refractivity contribution in [3.05, 3.63) is 92.5 Å². The highest BCUT2D eigenvalue weighted by Gasteiger charge is 2.47. The smallest absolute Gasteiger partial charge is 0.325 e. The lowest BCUT2D eigenvalue weighted by Gasteiger charge is -2.30. The largest absolute Gasteiger partial charge is 0.491 e. The maximum absolute atomic E-state index is 13.7. The first-order valence-corrected chi connectivity index (χ1v) is 13.6. The third-order valence-corrected chi connectivity index (χ3v) is 7.36. The number of hydrogen-bond donors (Lipinski definition) is 4. The molecular weight excluding hydrogens is 637 g/mol. The van der Waals surface area contributed by atoms with E-state index < -0.39 is 48.6 Å². The second-order valence-corrected chi connectivity index (χ2v) is 10.7. The summed E-state index contributed by atoms with van der Waals surface area (Å²) in [4.78, 5) is 41.5. The minimum Gasteiger partial charge on any atom is -0.491 e. The van der Waals surface area contributed by atoms with E-state index in [0.29, 0.717) is 22.0 Å². The minimum absolute atomic E-state index is 0.0958. The van der Waals surface area contributed by atoms with Crippen molar-refractivity contribution >= 4 is 57.7 Å². The highest BCUT2D eigenvalue weighted by atomic mass is 127. The summed E-state index contributed by atoms with van der Waals surface area (Å²) in [7, 11) is 0. The number of urea groups is 1. The van der Waals surface area contributed by atoms with E-state index >= 15 is 0 Å². The van der Waals surface area contributed by atoms with E-state index in [9.17, 15) is 19.5 Å². The van der Waals surface area contributed by atoms with Crippen LogP contribution in [-0.2, 0) is 9.59 Å². The molecule has 0 aromatic heterocycles. The fourth-order valence-electron chi connectivity index (χ4n) is 4.29. The predicted octanol–water partition coefficient (Wildman–Crippen LogP) is 4.08. The Kier molecular flexibility index (Phi) is 9.44. The van der Waals surface area contributed by atoms with Crippen molar-refractivity contribution in [3.63, 3.8) is 0 Å². The summed E-state index contributed by atoms with van der Waals surface area (Å²) in [6, 6.07) is 17.9. The summed E-state index contributed by atoms with van der Waals surface area (Å²) in [5.74, 6) is -1.23. The van der Waals surface area contributed by atoms with Crippen LogP contribution in [0.5, 0.6) is 5.75 Å². The van der Waals surface area contributed by atoms with Crippen molar-refractivity contribution < 1.29 is 29.3 Å². The summed E-state index contributed by atoms with van der Waals surface area (Å²) in [6.45, 7) is 1.26. The fourth-order valence-corrected chi connectivity index (χ4v) is 5.19. The Morgan fingerprint density at radius 1 is 1.13 bits per heavy atom. The number of imide groups is 1. The summed E-state index contributed by atoms with van der Waals surface area (Å²) in [5.41, 5.74) is 1.65. The number of rotatable bonds is 10. The highest BCUT2D eigenvalue weighted by Crippen LogP contribution is 2.32. The maximum atomic E-state index is 13.7. The first-order chi connectivity index (χ1) is 18.7. The molecule has 4 rings (SSSR count). The molecule has 0 aliphatic carbocycles. The number of ether oxygens (including phenoxy) is 1. The van der Waals surface area contributed by atoms with Crippen molar-refractivity contribution in [3.8, 4) is 5.75 Å². The van der Waals surface area contributed by atoms with Crippen LogP contribution in [0.1, 0.15) is 30.0 Å². The zero-order chi connectivity index (χ0) is 28.1. The van der Waals surface area contributed by atoms with E-state index in [0.717, 1.165) is 14.0 Å². The lowest BCUT2D eigenvalue weighted by molar-refractivity contribution is -0.134. The number of aliphatic hydroxyl groups excluding tert-OH is 2. The van der Waals surface area contributed by atoms with E-state index in [1.165, 1.54) is 0 Å². The molecule has 204 valence electrons. The number of nitrogens with zero attached hydrogens (tertiary/aromatic N) is 1. The van der Waals surface area contributed by atoms with Gasteiger partial charge in [0, 0.05) is 9.49 Å². The number of nitrogens with one attached hydrogen (secondary N) is 2. The van der Waals surface area contributed by atoms with Gasteiger partial charge in [0.05, 0.1) is 17.3 Å². The monoisotopic (exact) mass is 663 g/mol. The number of carbonyl (C=O) groups is 3. The number of hydrogen-bond acceptors (Lipinski definition) is 6. The molecule has 0 saturated carbocycles. The van der Waals surface area contributed by atoms with Crippen LogP contribution >= 0.6 is 34.2 Å². The first-order valence-electron chi connectivity index (χ1n) is 12.2. The SMILES string of the molecule is C[C@@H](c1ccccc1)C(C(=O)Nc1ccc(I)cc1Cl)N1C(=O)N[C@H](c2ccc(OC[C@H](O)CO)cc2)C1=O. The standard InChI is InChI=1S/C28H27ClIN3O6/c1-16(17-5-3-2-4-6-17)25(26(36)31-23-12-9-19(30)13-22(23)29)33-27(37)24(32-28(33)38)18-7-10-21(11-8-18)39-15-20(35)14-34/h2-13,16,20,24-25,34-35H,14-15H2,1H3,(H,31,36)(H,32,38)/t16-,20+,24+,25?/m0/s1. The lowest BCUT2D eigenvalue weighted by Crippen LogP contribution is -2.50. The summed E-state index contributed by atoms with van der Waals surface area (Å²) in [5, 5.41) is 24.2. The molecule has 1 fully saturated rings. The third kappa shape index (κ3) is 6.70. The molecule has 1 heterocycles. The second kappa shape index (κ2) is 12.8. The van der Waals surface area contributed by atoms with Gasteiger partial charge >= 0.3 is 6.03 Å². The van der Waals surface area contributed by atoms with E-state index in [1.54, 1.807) is 49.4 Å². The predicted molar refractivity (Wildman–Crippen MR) is 155 cm³/mol. The van der Waals surface area contributed by atoms with Gasteiger partial charge in [0.15, 0.2) is 0 Å². The van der Waals surface area contributed by atoms with E-state index in [2.05, 4.69) is 33.2 Å². The molecular formula is C28H27ClIN3O6. The van der Waals surface area contributed by atoms with E-state index in [4.69, 9.17) is 21.4 Å². The Hall–Kier alpha value is -3.19. The molecule has 0 bridgehead atoms. The Morgan fingerprint density at radius 3 is 2.46 bits per heavy atom. The Bertz CT molecular complexity index is 1340. The van der Waals surface area contributed by atoms with Crippen LogP contribution in [0, 0.1) is 3.57 Å². The van der Waals surface area contributed by atoms with Gasteiger partial charge in [0.2, 0.25) is 5.91 Å². The summed E-state index contributed by atoms with van der Waals surface area (Å²) >= 11 is 8.45. The van der Waals surface area contributed by atoms with Crippen LogP contribution in [0.15, 0.2) is 72.8 Å². The van der Waals surface area contributed by atoms with E-state index in [-0.39, 0.29) is 6.61 Å². The fraction of sp³-hybridized carbons (Fsp3) is 0.250. The number of benzene rings is 3. The second-order valence-electron chi connectivity index (χ2n) is 9.06. The molecule has 0 spiro atoms. The molecule has 1 aliphatic rings. The quantitative estimate of drug-likeness (QED) is 0.191. The van der Waals surface area contributed by atoms with Crippen LogP contribution in [0.2, 0.25) is 5.02 Å². The molecule has 39 heavy (non-hydrogen) atoms. The molecule has 1 saturated heterocycles. The third-order valence-electron chi connectivity index (χ3n) is 6.37. The van der Waals surface area contributed by atoms with Gasteiger partial charge in [0.25, 0.3) is 5.91 Å². The zero-order valence-electron chi connectivity index (χ0n) is 20.9. The number of carbonyl (C=O) groups excluding carboxylic acids is 3. The Labute approximate surface area is 244 Å². The van der Waals surface area contributed by atoms with Crippen LogP contribution in [0.25, 0.3) is 0 Å². The molecule has 3 aromatic rings.